The number of allylic oxidation sites excluding steroid dienone is 3. The molecule has 12 atom stereocenters. The monoisotopic (exact) mass is 1080 g/mol. The van der Waals surface area contributed by atoms with E-state index in [-0.39, 0.29) is 18.9 Å². The lowest BCUT2D eigenvalue weighted by atomic mass is 9.97. The average molecular weight is 1080 g/mol. The molecule has 1 amide bonds. The van der Waals surface area contributed by atoms with E-state index >= 15 is 0 Å². The third-order valence-corrected chi connectivity index (χ3v) is 15.6. The summed E-state index contributed by atoms with van der Waals surface area (Å²) in [5, 5.41) is 87.2. The molecule has 448 valence electrons. The van der Waals surface area contributed by atoms with Crippen LogP contribution in [0, 0.1) is 0 Å². The highest BCUT2D eigenvalue weighted by molar-refractivity contribution is 5.76. The first-order valence-corrected chi connectivity index (χ1v) is 31.6. The Morgan fingerprint density at radius 2 is 0.829 bits per heavy atom. The molecule has 0 aromatic carbocycles. The summed E-state index contributed by atoms with van der Waals surface area (Å²) >= 11 is 0. The summed E-state index contributed by atoms with van der Waals surface area (Å²) in [6.07, 6.45) is 40.8. The van der Waals surface area contributed by atoms with Crippen LogP contribution in [-0.2, 0) is 23.7 Å². The van der Waals surface area contributed by atoms with E-state index in [1.165, 1.54) is 199 Å². The minimum Gasteiger partial charge on any atom is -0.394 e. The maximum atomic E-state index is 13.3. The quantitative estimate of drug-likeness (QED) is 0.0204. The van der Waals surface area contributed by atoms with E-state index in [1.807, 2.05) is 6.08 Å². The highest BCUT2D eigenvalue weighted by Gasteiger charge is 2.51. The van der Waals surface area contributed by atoms with Crippen LogP contribution in [0.3, 0.4) is 0 Å². The number of nitrogens with one attached hydrogen (secondary N) is 1. The van der Waals surface area contributed by atoms with E-state index < -0.39 is 86.8 Å². The number of hydrogen-bond donors (Lipinski definition) is 9. The fourth-order valence-corrected chi connectivity index (χ4v) is 10.5. The molecule has 2 aliphatic rings. The fraction of sp³-hybridized carbons (Fsp3) is 0.919. The Morgan fingerprint density at radius 1 is 0.461 bits per heavy atom. The summed E-state index contributed by atoms with van der Waals surface area (Å²) in [6, 6.07) is -0.915. The second-order valence-electron chi connectivity index (χ2n) is 22.5. The molecule has 2 aliphatic heterocycles. The molecule has 2 fully saturated rings. The Morgan fingerprint density at radius 3 is 1.25 bits per heavy atom. The molecule has 0 aromatic heterocycles. The molecule has 14 heteroatoms. The van der Waals surface area contributed by atoms with Gasteiger partial charge in [-0.3, -0.25) is 4.79 Å². The van der Waals surface area contributed by atoms with Gasteiger partial charge in [-0.15, -0.1) is 0 Å². The average Bonchev–Trinajstić information content (AvgIpc) is 3.42. The third-order valence-electron chi connectivity index (χ3n) is 15.6. The number of carbonyl (C=O) groups is 1. The predicted octanol–water partition coefficient (Wildman–Crippen LogP) is 11.2. The smallest absolute Gasteiger partial charge is 0.220 e. The third kappa shape index (κ3) is 33.3. The van der Waals surface area contributed by atoms with Gasteiger partial charge < -0.3 is 65.1 Å². The van der Waals surface area contributed by atoms with E-state index in [0.717, 1.165) is 44.9 Å². The number of unbranched alkanes of at least 4 members (excludes halogenated alkanes) is 36. The van der Waals surface area contributed by atoms with E-state index in [2.05, 4.69) is 31.3 Å². The lowest BCUT2D eigenvalue weighted by molar-refractivity contribution is -0.359. The minimum absolute atomic E-state index is 0.241. The Balaban J connectivity index is 1.73. The highest BCUT2D eigenvalue weighted by Crippen LogP contribution is 2.30. The largest absolute Gasteiger partial charge is 0.394 e. The summed E-state index contributed by atoms with van der Waals surface area (Å²) in [5.41, 5.74) is 0. The van der Waals surface area contributed by atoms with Crippen LogP contribution in [-0.4, -0.2) is 140 Å². The molecule has 0 radical (unpaired) electrons. The van der Waals surface area contributed by atoms with Crippen LogP contribution in [0.2, 0.25) is 0 Å². The molecule has 2 saturated heterocycles. The molecule has 2 heterocycles. The van der Waals surface area contributed by atoms with Crippen molar-refractivity contribution >= 4 is 5.91 Å². The molecule has 2 rings (SSSR count). The molecule has 14 nitrogen and oxygen atoms in total. The second kappa shape index (κ2) is 48.2. The molecular weight excluding hydrogens is 967 g/mol. The number of rotatable bonds is 51. The first-order valence-electron chi connectivity index (χ1n) is 31.6. The summed E-state index contributed by atoms with van der Waals surface area (Å²) in [6.45, 7) is 2.82. The first kappa shape index (κ1) is 70.6. The molecule has 0 saturated carbocycles. The molecule has 0 aliphatic carbocycles. The number of ether oxygens (including phenoxy) is 4. The van der Waals surface area contributed by atoms with Gasteiger partial charge in [0.05, 0.1) is 32.0 Å². The van der Waals surface area contributed by atoms with E-state index in [1.54, 1.807) is 6.08 Å². The predicted molar refractivity (Wildman–Crippen MR) is 305 cm³/mol. The number of aliphatic hydroxyl groups excluding tert-OH is 8. The molecule has 9 N–H and O–H groups in total. The van der Waals surface area contributed by atoms with Crippen molar-refractivity contribution in [1.29, 1.82) is 0 Å². The van der Waals surface area contributed by atoms with Crippen molar-refractivity contribution in [3.8, 4) is 0 Å². The lowest BCUT2D eigenvalue weighted by Crippen LogP contribution is -2.65. The number of aliphatic hydroxyl groups is 8. The number of amides is 1. The fourth-order valence-electron chi connectivity index (χ4n) is 10.5. The van der Waals surface area contributed by atoms with Gasteiger partial charge in [0.1, 0.15) is 48.8 Å². The second-order valence-corrected chi connectivity index (χ2v) is 22.5. The summed E-state index contributed by atoms with van der Waals surface area (Å²) in [4.78, 5) is 13.3. The van der Waals surface area contributed by atoms with Gasteiger partial charge in [0.2, 0.25) is 5.91 Å². The Labute approximate surface area is 462 Å². The van der Waals surface area contributed by atoms with Crippen LogP contribution < -0.4 is 5.32 Å². The van der Waals surface area contributed by atoms with Gasteiger partial charge in [-0.1, -0.05) is 244 Å². The lowest BCUT2D eigenvalue weighted by Gasteiger charge is -2.46. The van der Waals surface area contributed by atoms with Crippen molar-refractivity contribution in [2.24, 2.45) is 0 Å². The zero-order chi connectivity index (χ0) is 55.3. The maximum Gasteiger partial charge on any atom is 0.220 e. The Bertz CT molecular complexity index is 1370. The van der Waals surface area contributed by atoms with E-state index in [4.69, 9.17) is 18.9 Å². The Kier molecular flexibility index (Phi) is 44.8. The van der Waals surface area contributed by atoms with Crippen LogP contribution in [0.5, 0.6) is 0 Å². The summed E-state index contributed by atoms with van der Waals surface area (Å²) in [5.74, 6) is -0.241. The SMILES string of the molecule is CCCCCCCC/C=C\CCCCCCCCCC(=O)NC(COC1OC(CO)C(OC2OC(CO)C(O)C(O)C2O)C(O)C1O)C(O)/C=C/CCCCCCCCCCCCCCCCCCCCCCCCC. The van der Waals surface area contributed by atoms with Gasteiger partial charge in [-0.05, 0) is 44.9 Å². The molecule has 12 unspecified atom stereocenters. The van der Waals surface area contributed by atoms with Crippen LogP contribution >= 0.6 is 0 Å². The standard InChI is InChI=1S/C62H117NO13/c1-3-5-7-9-11-13-15-17-19-21-22-23-24-25-26-27-28-30-31-33-35-37-39-41-43-45-51(66)50(63-54(67)46-44-42-40-38-36-34-32-29-20-18-16-14-12-10-8-6-4-2)49-73-61-59(72)57(70)60(53(48-65)75-61)76-62-58(71)56(69)55(68)52(47-64)74-62/h18,20,43,45,50-53,55-62,64-66,68-72H,3-17,19,21-42,44,46-49H2,1-2H3,(H,63,67)/b20-18-,45-43+. The van der Waals surface area contributed by atoms with Gasteiger partial charge in [0, 0.05) is 6.42 Å². The highest BCUT2D eigenvalue weighted by atomic mass is 16.7. The zero-order valence-corrected chi connectivity index (χ0v) is 48.3. The number of carbonyl (C=O) groups excluding carboxylic acids is 1. The van der Waals surface area contributed by atoms with Crippen molar-refractivity contribution in [1.82, 2.24) is 5.32 Å². The van der Waals surface area contributed by atoms with Crippen molar-refractivity contribution in [3.63, 3.8) is 0 Å². The minimum atomic E-state index is -1.79. The van der Waals surface area contributed by atoms with Crippen LogP contribution in [0.15, 0.2) is 24.3 Å². The van der Waals surface area contributed by atoms with Crippen LogP contribution in [0.25, 0.3) is 0 Å². The van der Waals surface area contributed by atoms with Crippen LogP contribution in [0.1, 0.15) is 271 Å². The maximum absolute atomic E-state index is 13.3. The van der Waals surface area contributed by atoms with Crippen molar-refractivity contribution in [2.75, 3.05) is 19.8 Å². The van der Waals surface area contributed by atoms with Gasteiger partial charge in [-0.2, -0.15) is 0 Å². The molecule has 0 spiro atoms. The van der Waals surface area contributed by atoms with Crippen molar-refractivity contribution < 1.29 is 64.6 Å². The van der Waals surface area contributed by atoms with E-state index in [9.17, 15) is 45.6 Å². The van der Waals surface area contributed by atoms with Gasteiger partial charge in [-0.25, -0.2) is 0 Å². The molecular formula is C62H117NO13. The zero-order valence-electron chi connectivity index (χ0n) is 48.3. The Hall–Kier alpha value is -1.53. The summed E-state index contributed by atoms with van der Waals surface area (Å²) in [7, 11) is 0. The normalized spacial score (nSPS) is 25.0. The molecule has 0 bridgehead atoms. The topological polar surface area (TPSA) is 228 Å². The van der Waals surface area contributed by atoms with E-state index in [0.29, 0.717) is 6.42 Å². The van der Waals surface area contributed by atoms with Crippen molar-refractivity contribution in [2.45, 2.75) is 344 Å². The molecule has 76 heavy (non-hydrogen) atoms. The first-order chi connectivity index (χ1) is 37.1. The van der Waals surface area contributed by atoms with Crippen LogP contribution in [0.4, 0.5) is 0 Å². The van der Waals surface area contributed by atoms with Gasteiger partial charge in [0.15, 0.2) is 12.6 Å². The van der Waals surface area contributed by atoms with Gasteiger partial charge in [0.25, 0.3) is 0 Å². The number of hydrogen-bond acceptors (Lipinski definition) is 13. The van der Waals surface area contributed by atoms with Gasteiger partial charge >= 0.3 is 0 Å². The molecule has 0 aromatic rings. The van der Waals surface area contributed by atoms with Crippen molar-refractivity contribution in [3.05, 3.63) is 24.3 Å². The summed E-state index contributed by atoms with van der Waals surface area (Å²) < 4.78 is 22.8.